The summed E-state index contributed by atoms with van der Waals surface area (Å²) in [6.45, 7) is 2.43. The van der Waals surface area contributed by atoms with Crippen molar-refractivity contribution in [2.24, 2.45) is 0 Å². The number of ether oxygens (including phenoxy) is 1. The molecule has 1 aliphatic rings. The molecule has 1 fully saturated rings. The second kappa shape index (κ2) is 6.22. The lowest BCUT2D eigenvalue weighted by molar-refractivity contribution is -0.139. The number of hydrogen-bond acceptors (Lipinski definition) is 2. The Labute approximate surface area is 128 Å². The highest BCUT2D eigenvalue weighted by Crippen LogP contribution is 2.31. The van der Waals surface area contributed by atoms with Crippen LogP contribution in [0.3, 0.4) is 0 Å². The predicted octanol–water partition coefficient (Wildman–Crippen LogP) is 3.28. The van der Waals surface area contributed by atoms with Gasteiger partial charge in [0, 0.05) is 24.5 Å². The van der Waals surface area contributed by atoms with Crippen LogP contribution in [-0.4, -0.2) is 28.4 Å². The van der Waals surface area contributed by atoms with Crippen molar-refractivity contribution in [3.63, 3.8) is 0 Å². The second-order valence-electron chi connectivity index (χ2n) is 5.53. The average Bonchev–Trinajstić information content (AvgIpc) is 3.17. The highest BCUT2D eigenvalue weighted by molar-refractivity contribution is 5.81. The lowest BCUT2D eigenvalue weighted by Crippen LogP contribution is -2.40. The van der Waals surface area contributed by atoms with Gasteiger partial charge in [0.15, 0.2) is 6.10 Å². The monoisotopic (exact) mass is 302 g/mol. The topological polar surface area (TPSA) is 45.3 Å². The Hall–Kier alpha value is -2.30. The molecule has 0 bridgehead atoms. The number of aromatic amines is 1. The molecule has 0 saturated carbocycles. The van der Waals surface area contributed by atoms with Gasteiger partial charge in [-0.2, -0.15) is 0 Å². The van der Waals surface area contributed by atoms with Crippen LogP contribution in [0.4, 0.5) is 4.39 Å². The highest BCUT2D eigenvalue weighted by atomic mass is 19.1. The maximum atomic E-state index is 13.2. The van der Waals surface area contributed by atoms with Crippen molar-refractivity contribution in [1.29, 1.82) is 0 Å². The average molecular weight is 302 g/mol. The van der Waals surface area contributed by atoms with Crippen molar-refractivity contribution in [3.8, 4) is 5.75 Å². The number of hydrogen-bond donors (Lipinski definition) is 1. The van der Waals surface area contributed by atoms with E-state index in [-0.39, 0.29) is 17.8 Å². The molecule has 0 aliphatic carbocycles. The largest absolute Gasteiger partial charge is 0.481 e. The molecular weight excluding hydrogens is 283 g/mol. The minimum Gasteiger partial charge on any atom is -0.481 e. The molecule has 1 N–H and O–H groups in total. The zero-order valence-electron chi connectivity index (χ0n) is 12.5. The van der Waals surface area contributed by atoms with Gasteiger partial charge in [-0.15, -0.1) is 0 Å². The number of benzene rings is 1. The van der Waals surface area contributed by atoms with Gasteiger partial charge in [-0.05, 0) is 44.0 Å². The fourth-order valence-corrected chi connectivity index (χ4v) is 2.93. The molecule has 5 heteroatoms. The van der Waals surface area contributed by atoms with Gasteiger partial charge in [0.05, 0.1) is 6.04 Å². The van der Waals surface area contributed by atoms with Crippen LogP contribution >= 0.6 is 0 Å². The maximum Gasteiger partial charge on any atom is 0.263 e. The van der Waals surface area contributed by atoms with E-state index >= 15 is 0 Å². The Kier molecular flexibility index (Phi) is 4.13. The lowest BCUT2D eigenvalue weighted by Gasteiger charge is -2.27. The fourth-order valence-electron chi connectivity index (χ4n) is 2.93. The molecule has 1 aromatic carbocycles. The zero-order chi connectivity index (χ0) is 15.5. The summed E-state index contributed by atoms with van der Waals surface area (Å²) in [5.74, 6) is -0.0691. The molecule has 0 unspecified atom stereocenters. The van der Waals surface area contributed by atoms with E-state index in [9.17, 15) is 9.18 Å². The number of nitrogens with one attached hydrogen (secondary N) is 1. The van der Waals surface area contributed by atoms with Gasteiger partial charge in [0.2, 0.25) is 0 Å². The summed E-state index contributed by atoms with van der Waals surface area (Å²) in [6.07, 6.45) is 3.14. The number of halogens is 1. The fraction of sp³-hybridized carbons (Fsp3) is 0.353. The Morgan fingerprint density at radius 3 is 3.00 bits per heavy atom. The van der Waals surface area contributed by atoms with Crippen molar-refractivity contribution in [1.82, 2.24) is 9.88 Å². The minimum atomic E-state index is -0.641. The smallest absolute Gasteiger partial charge is 0.263 e. The Balaban J connectivity index is 1.70. The summed E-state index contributed by atoms with van der Waals surface area (Å²) in [6, 6.07) is 9.86. The molecule has 2 heterocycles. The number of likely N-dealkylation sites (tertiary alicyclic amines) is 1. The standard InChI is InChI=1S/C17H19FN2O2/c1-12(22-14-6-2-5-13(18)11-14)17(21)20-10-4-8-16(20)15-7-3-9-19-15/h2-3,5-7,9,11-12,16,19H,4,8,10H2,1H3/t12-,16+/m0/s1. The van der Waals surface area contributed by atoms with Crippen molar-refractivity contribution in [2.45, 2.75) is 31.9 Å². The number of rotatable bonds is 4. The predicted molar refractivity (Wildman–Crippen MR) is 81.0 cm³/mol. The molecule has 22 heavy (non-hydrogen) atoms. The van der Waals surface area contributed by atoms with Crippen molar-refractivity contribution >= 4 is 5.91 Å². The molecule has 3 rings (SSSR count). The molecule has 116 valence electrons. The van der Waals surface area contributed by atoms with E-state index in [0.29, 0.717) is 5.75 Å². The number of carbonyl (C=O) groups excluding carboxylic acids is 1. The van der Waals surface area contributed by atoms with E-state index in [4.69, 9.17) is 4.74 Å². The van der Waals surface area contributed by atoms with Gasteiger partial charge in [0.25, 0.3) is 5.91 Å². The van der Waals surface area contributed by atoms with Gasteiger partial charge in [-0.3, -0.25) is 4.79 Å². The summed E-state index contributed by atoms with van der Waals surface area (Å²) in [4.78, 5) is 17.7. The molecule has 1 amide bonds. The summed E-state index contributed by atoms with van der Waals surface area (Å²) < 4.78 is 18.8. The van der Waals surface area contributed by atoms with Crippen LogP contribution in [0.2, 0.25) is 0 Å². The first-order valence-corrected chi connectivity index (χ1v) is 7.51. The molecule has 0 radical (unpaired) electrons. The van der Waals surface area contributed by atoms with Crippen molar-refractivity contribution in [2.75, 3.05) is 6.54 Å². The van der Waals surface area contributed by atoms with Crippen LogP contribution in [0.1, 0.15) is 31.5 Å². The van der Waals surface area contributed by atoms with Crippen LogP contribution in [0.15, 0.2) is 42.6 Å². The first kappa shape index (κ1) is 14.6. The van der Waals surface area contributed by atoms with E-state index in [0.717, 1.165) is 25.1 Å². The molecular formula is C17H19FN2O2. The first-order valence-electron chi connectivity index (χ1n) is 7.51. The molecule has 2 atom stereocenters. The number of H-pyrrole nitrogens is 1. The van der Waals surface area contributed by atoms with E-state index in [2.05, 4.69) is 4.98 Å². The van der Waals surface area contributed by atoms with Crippen LogP contribution in [-0.2, 0) is 4.79 Å². The van der Waals surface area contributed by atoms with E-state index < -0.39 is 6.10 Å². The highest BCUT2D eigenvalue weighted by Gasteiger charge is 2.33. The van der Waals surface area contributed by atoms with E-state index in [1.807, 2.05) is 23.2 Å². The molecule has 1 aliphatic heterocycles. The third-order valence-electron chi connectivity index (χ3n) is 3.97. The van der Waals surface area contributed by atoms with Crippen LogP contribution in [0.5, 0.6) is 5.75 Å². The number of carbonyl (C=O) groups is 1. The number of amides is 1. The van der Waals surface area contributed by atoms with E-state index in [1.165, 1.54) is 12.1 Å². The van der Waals surface area contributed by atoms with Gasteiger partial charge >= 0.3 is 0 Å². The Bertz CT molecular complexity index is 642. The molecule has 1 saturated heterocycles. The lowest BCUT2D eigenvalue weighted by atomic mass is 10.1. The van der Waals surface area contributed by atoms with Crippen LogP contribution in [0, 0.1) is 5.82 Å². The zero-order valence-corrected chi connectivity index (χ0v) is 12.5. The summed E-state index contributed by atoms with van der Waals surface area (Å²) in [7, 11) is 0. The van der Waals surface area contributed by atoms with Gasteiger partial charge in [0.1, 0.15) is 11.6 Å². The number of aromatic nitrogens is 1. The summed E-state index contributed by atoms with van der Waals surface area (Å²) >= 11 is 0. The van der Waals surface area contributed by atoms with Gasteiger partial charge in [-0.25, -0.2) is 4.39 Å². The van der Waals surface area contributed by atoms with Crippen LogP contribution < -0.4 is 4.74 Å². The molecule has 1 aromatic heterocycles. The van der Waals surface area contributed by atoms with Gasteiger partial charge in [-0.1, -0.05) is 6.07 Å². The summed E-state index contributed by atoms with van der Waals surface area (Å²) in [5, 5.41) is 0. The normalized spacial score (nSPS) is 19.2. The Morgan fingerprint density at radius 1 is 1.41 bits per heavy atom. The second-order valence-corrected chi connectivity index (χ2v) is 5.53. The maximum absolute atomic E-state index is 13.2. The van der Waals surface area contributed by atoms with Crippen LogP contribution in [0.25, 0.3) is 0 Å². The molecule has 0 spiro atoms. The number of nitrogens with zero attached hydrogens (tertiary/aromatic N) is 1. The molecule has 2 aromatic rings. The van der Waals surface area contributed by atoms with E-state index in [1.54, 1.807) is 19.1 Å². The first-order chi connectivity index (χ1) is 10.6. The Morgan fingerprint density at radius 2 is 2.27 bits per heavy atom. The van der Waals surface area contributed by atoms with Crippen molar-refractivity contribution < 1.29 is 13.9 Å². The van der Waals surface area contributed by atoms with Gasteiger partial charge < -0.3 is 14.6 Å². The summed E-state index contributed by atoms with van der Waals surface area (Å²) in [5.41, 5.74) is 1.05. The SMILES string of the molecule is C[C@H](Oc1cccc(F)c1)C(=O)N1CCC[C@@H]1c1ccc[nH]1. The molecule has 4 nitrogen and oxygen atoms in total. The minimum absolute atomic E-state index is 0.0682. The third-order valence-corrected chi connectivity index (χ3v) is 3.97. The quantitative estimate of drug-likeness (QED) is 0.942. The van der Waals surface area contributed by atoms with Crippen molar-refractivity contribution in [3.05, 3.63) is 54.1 Å². The third kappa shape index (κ3) is 2.98.